The zero-order valence-corrected chi connectivity index (χ0v) is 14.4. The Morgan fingerprint density at radius 3 is 2.36 bits per heavy atom. The molecule has 1 N–H and O–H groups in total. The summed E-state index contributed by atoms with van der Waals surface area (Å²) in [6.45, 7) is -1.38. The van der Waals surface area contributed by atoms with Gasteiger partial charge in [0.1, 0.15) is 11.6 Å². The number of aromatic nitrogens is 2. The van der Waals surface area contributed by atoms with Gasteiger partial charge in [0.25, 0.3) is 5.91 Å². The van der Waals surface area contributed by atoms with Crippen molar-refractivity contribution < 1.29 is 31.5 Å². The van der Waals surface area contributed by atoms with E-state index in [0.29, 0.717) is 5.52 Å². The van der Waals surface area contributed by atoms with Gasteiger partial charge in [-0.3, -0.25) is 9.36 Å². The Bertz CT molecular complexity index is 983. The maximum absolute atomic E-state index is 13.5. The van der Waals surface area contributed by atoms with Crippen LogP contribution < -0.4 is 10.1 Å². The highest BCUT2D eigenvalue weighted by Gasteiger charge is 2.31. The number of amides is 1. The Morgan fingerprint density at radius 1 is 1.11 bits per heavy atom. The van der Waals surface area contributed by atoms with Gasteiger partial charge < -0.3 is 10.1 Å². The highest BCUT2D eigenvalue weighted by molar-refractivity contribution is 5.94. The lowest BCUT2D eigenvalue weighted by Crippen LogP contribution is -2.29. The van der Waals surface area contributed by atoms with E-state index >= 15 is 0 Å². The van der Waals surface area contributed by atoms with Gasteiger partial charge in [0.05, 0.1) is 17.1 Å². The molecule has 3 aromatic rings. The lowest BCUT2D eigenvalue weighted by atomic mass is 10.2. The average molecular weight is 399 g/mol. The van der Waals surface area contributed by atoms with Crippen molar-refractivity contribution in [3.05, 3.63) is 59.9 Å². The number of imidazole rings is 1. The number of hydrogen-bond donors (Lipinski definition) is 1. The van der Waals surface area contributed by atoms with E-state index in [1.807, 2.05) is 0 Å². The number of alkyl halides is 5. The Hall–Kier alpha value is -3.17. The SMILES string of the molecule is CC(NC(=O)c1ccc(OC(F)(F)F)cc1)c1nc2ccccc2n1C(F)F. The fraction of sp³-hybridized carbons (Fsp3) is 0.222. The lowest BCUT2D eigenvalue weighted by Gasteiger charge is -2.16. The molecule has 1 heterocycles. The Kier molecular flexibility index (Phi) is 5.21. The van der Waals surface area contributed by atoms with E-state index in [1.165, 1.54) is 13.0 Å². The second kappa shape index (κ2) is 7.45. The number of para-hydroxylation sites is 2. The van der Waals surface area contributed by atoms with Gasteiger partial charge in [-0.25, -0.2) is 4.98 Å². The third kappa shape index (κ3) is 4.21. The number of halogens is 5. The van der Waals surface area contributed by atoms with Crippen molar-refractivity contribution >= 4 is 16.9 Å². The van der Waals surface area contributed by atoms with Gasteiger partial charge in [-0.1, -0.05) is 12.1 Å². The molecule has 28 heavy (non-hydrogen) atoms. The van der Waals surface area contributed by atoms with Crippen molar-refractivity contribution in [1.29, 1.82) is 0 Å². The summed E-state index contributed by atoms with van der Waals surface area (Å²) in [6, 6.07) is 9.70. The third-order valence-corrected chi connectivity index (χ3v) is 3.90. The number of rotatable bonds is 5. The predicted molar refractivity (Wildman–Crippen MR) is 90.0 cm³/mol. The van der Waals surface area contributed by atoms with E-state index in [0.717, 1.165) is 28.8 Å². The number of benzene rings is 2. The van der Waals surface area contributed by atoms with Gasteiger partial charge in [0.2, 0.25) is 0 Å². The van der Waals surface area contributed by atoms with Crippen molar-refractivity contribution in [2.75, 3.05) is 0 Å². The molecule has 2 aromatic carbocycles. The minimum atomic E-state index is -4.84. The molecule has 1 aromatic heterocycles. The first kappa shape index (κ1) is 19.6. The van der Waals surface area contributed by atoms with Crippen LogP contribution in [0, 0.1) is 0 Å². The van der Waals surface area contributed by atoms with E-state index in [4.69, 9.17) is 0 Å². The zero-order chi connectivity index (χ0) is 20.5. The molecule has 0 saturated heterocycles. The molecule has 10 heteroatoms. The van der Waals surface area contributed by atoms with Crippen LogP contribution in [0.1, 0.15) is 35.7 Å². The van der Waals surface area contributed by atoms with Crippen LogP contribution >= 0.6 is 0 Å². The molecule has 0 radical (unpaired) electrons. The standard InChI is InChI=1S/C18H14F5N3O2/c1-10(15-25-13-4-2-3-5-14(13)26(15)17(19)20)24-16(27)11-6-8-12(9-7-11)28-18(21,22)23/h2-10,17H,1H3,(H,24,27). The van der Waals surface area contributed by atoms with Crippen LogP contribution in [-0.4, -0.2) is 21.8 Å². The summed E-state index contributed by atoms with van der Waals surface area (Å²) < 4.78 is 68.0. The first-order valence-corrected chi connectivity index (χ1v) is 8.07. The van der Waals surface area contributed by atoms with E-state index in [-0.39, 0.29) is 16.9 Å². The molecule has 0 saturated carbocycles. The first-order valence-electron chi connectivity index (χ1n) is 8.07. The van der Waals surface area contributed by atoms with Crippen LogP contribution in [0.2, 0.25) is 0 Å². The maximum atomic E-state index is 13.5. The first-order chi connectivity index (χ1) is 13.2. The molecular weight excluding hydrogens is 385 g/mol. The van der Waals surface area contributed by atoms with Crippen molar-refractivity contribution in [3.8, 4) is 5.75 Å². The van der Waals surface area contributed by atoms with Crippen LogP contribution in [0.4, 0.5) is 22.0 Å². The zero-order valence-electron chi connectivity index (χ0n) is 14.4. The number of ether oxygens (including phenoxy) is 1. The number of carbonyl (C=O) groups excluding carboxylic acids is 1. The van der Waals surface area contributed by atoms with Crippen LogP contribution in [0.3, 0.4) is 0 Å². The molecule has 1 amide bonds. The molecule has 3 rings (SSSR count). The third-order valence-electron chi connectivity index (χ3n) is 3.90. The van der Waals surface area contributed by atoms with Crippen LogP contribution in [-0.2, 0) is 0 Å². The monoisotopic (exact) mass is 399 g/mol. The van der Waals surface area contributed by atoms with Crippen molar-refractivity contribution in [2.45, 2.75) is 25.9 Å². The number of nitrogens with zero attached hydrogens (tertiary/aromatic N) is 2. The number of carbonyl (C=O) groups is 1. The molecular formula is C18H14F5N3O2. The van der Waals surface area contributed by atoms with Crippen LogP contribution in [0.5, 0.6) is 5.75 Å². The van der Waals surface area contributed by atoms with Crippen LogP contribution in [0.15, 0.2) is 48.5 Å². The van der Waals surface area contributed by atoms with E-state index in [1.54, 1.807) is 18.2 Å². The van der Waals surface area contributed by atoms with Gasteiger partial charge in [-0.05, 0) is 43.3 Å². The van der Waals surface area contributed by atoms with Crippen LogP contribution in [0.25, 0.3) is 11.0 Å². The Labute approximate surface area is 155 Å². The van der Waals surface area contributed by atoms with Gasteiger partial charge in [0, 0.05) is 5.56 Å². The minimum absolute atomic E-state index is 0.0402. The van der Waals surface area contributed by atoms with E-state index in [9.17, 15) is 26.7 Å². The molecule has 0 spiro atoms. The van der Waals surface area contributed by atoms with Gasteiger partial charge in [0.15, 0.2) is 0 Å². The lowest BCUT2D eigenvalue weighted by molar-refractivity contribution is -0.274. The molecule has 0 aliphatic rings. The fourth-order valence-corrected chi connectivity index (χ4v) is 2.73. The molecule has 1 atom stereocenters. The second-order valence-corrected chi connectivity index (χ2v) is 5.87. The smallest absolute Gasteiger partial charge is 0.406 e. The highest BCUT2D eigenvalue weighted by atomic mass is 19.4. The summed E-state index contributed by atoms with van der Waals surface area (Å²) in [7, 11) is 0. The average Bonchev–Trinajstić information content (AvgIpc) is 3.00. The molecule has 0 aliphatic carbocycles. The summed E-state index contributed by atoms with van der Waals surface area (Å²) in [5.74, 6) is -1.17. The largest absolute Gasteiger partial charge is 0.573 e. The Morgan fingerprint density at radius 2 is 1.75 bits per heavy atom. The topological polar surface area (TPSA) is 56.1 Å². The number of hydrogen-bond acceptors (Lipinski definition) is 3. The summed E-state index contributed by atoms with van der Waals surface area (Å²) in [6.07, 6.45) is -4.84. The molecule has 5 nitrogen and oxygen atoms in total. The minimum Gasteiger partial charge on any atom is -0.406 e. The maximum Gasteiger partial charge on any atom is 0.573 e. The number of nitrogens with one attached hydrogen (secondary N) is 1. The van der Waals surface area contributed by atoms with Gasteiger partial charge in [-0.2, -0.15) is 8.78 Å². The predicted octanol–water partition coefficient (Wildman–Crippen LogP) is 4.82. The van der Waals surface area contributed by atoms with Crippen molar-refractivity contribution in [3.63, 3.8) is 0 Å². The van der Waals surface area contributed by atoms with E-state index < -0.39 is 30.6 Å². The second-order valence-electron chi connectivity index (χ2n) is 5.87. The molecule has 0 bridgehead atoms. The summed E-state index contributed by atoms with van der Waals surface area (Å²) >= 11 is 0. The van der Waals surface area contributed by atoms with E-state index in [2.05, 4.69) is 15.0 Å². The summed E-state index contributed by atoms with van der Waals surface area (Å²) in [5, 5.41) is 2.52. The van der Waals surface area contributed by atoms with Crippen molar-refractivity contribution in [2.24, 2.45) is 0 Å². The van der Waals surface area contributed by atoms with Gasteiger partial charge >= 0.3 is 12.9 Å². The number of fused-ring (bicyclic) bond motifs is 1. The molecule has 1 unspecified atom stereocenters. The normalized spacial score (nSPS) is 13.0. The molecule has 148 valence electrons. The molecule has 0 fully saturated rings. The Balaban J connectivity index is 1.79. The summed E-state index contributed by atoms with van der Waals surface area (Å²) in [5.41, 5.74) is 0.621. The quantitative estimate of drug-likeness (QED) is 0.626. The van der Waals surface area contributed by atoms with Gasteiger partial charge in [-0.15, -0.1) is 13.2 Å². The summed E-state index contributed by atoms with van der Waals surface area (Å²) in [4.78, 5) is 16.5. The van der Waals surface area contributed by atoms with Crippen molar-refractivity contribution in [1.82, 2.24) is 14.9 Å². The fourth-order valence-electron chi connectivity index (χ4n) is 2.73. The molecule has 0 aliphatic heterocycles. The highest BCUT2D eigenvalue weighted by Crippen LogP contribution is 2.27.